The Morgan fingerprint density at radius 1 is 1.15 bits per heavy atom. The van der Waals surface area contributed by atoms with Crippen LogP contribution in [0.25, 0.3) is 0 Å². The zero-order valence-electron chi connectivity index (χ0n) is 17.2. The molecule has 1 N–H and O–H groups in total. The molecule has 1 fully saturated rings. The van der Waals surface area contributed by atoms with Gasteiger partial charge in [0.2, 0.25) is 0 Å². The van der Waals surface area contributed by atoms with E-state index in [-0.39, 0.29) is 6.03 Å². The second-order valence-corrected chi connectivity index (χ2v) is 8.04. The molecule has 5 heteroatoms. The molecule has 0 saturated carbocycles. The fraction of sp³-hybridized carbons (Fsp3) is 0.636. The normalized spacial score (nSPS) is 17.0. The number of nitrogens with zero attached hydrogens (tertiary/aromatic N) is 3. The molecule has 0 spiro atoms. The molecular formula is C22H34N4O. The lowest BCUT2D eigenvalue weighted by molar-refractivity contribution is 0.150. The molecule has 5 nitrogen and oxygen atoms in total. The van der Waals surface area contributed by atoms with Crippen LogP contribution in [0.1, 0.15) is 58.9 Å². The van der Waals surface area contributed by atoms with Gasteiger partial charge < -0.3 is 10.2 Å². The van der Waals surface area contributed by atoms with E-state index in [1.54, 1.807) is 0 Å². The maximum absolute atomic E-state index is 12.9. The van der Waals surface area contributed by atoms with Gasteiger partial charge in [-0.1, -0.05) is 30.3 Å². The number of carbonyl (C=O) groups is 1. The molecule has 0 aromatic heterocycles. The van der Waals surface area contributed by atoms with Crippen molar-refractivity contribution in [1.82, 2.24) is 15.1 Å². The van der Waals surface area contributed by atoms with E-state index in [2.05, 4.69) is 44.0 Å². The van der Waals surface area contributed by atoms with Crippen molar-refractivity contribution in [2.45, 2.75) is 71.0 Å². The van der Waals surface area contributed by atoms with Crippen molar-refractivity contribution < 1.29 is 4.79 Å². The number of urea groups is 1. The molecule has 2 rings (SSSR count). The minimum atomic E-state index is -1.02. The Bertz CT molecular complexity index is 623. The Kier molecular flexibility index (Phi) is 7.67. The van der Waals surface area contributed by atoms with Crippen LogP contribution in [0, 0.1) is 11.3 Å². The molecule has 1 saturated heterocycles. The van der Waals surface area contributed by atoms with E-state index in [0.29, 0.717) is 18.5 Å². The zero-order chi connectivity index (χ0) is 19.9. The van der Waals surface area contributed by atoms with Gasteiger partial charge in [-0.3, -0.25) is 4.90 Å². The summed E-state index contributed by atoms with van der Waals surface area (Å²) >= 11 is 0. The molecule has 1 aliphatic rings. The van der Waals surface area contributed by atoms with Crippen LogP contribution in [0.2, 0.25) is 0 Å². The summed E-state index contributed by atoms with van der Waals surface area (Å²) < 4.78 is 0. The van der Waals surface area contributed by atoms with Gasteiger partial charge in [-0.15, -0.1) is 0 Å². The van der Waals surface area contributed by atoms with Crippen molar-refractivity contribution in [3.63, 3.8) is 0 Å². The van der Waals surface area contributed by atoms with Crippen molar-refractivity contribution in [3.8, 4) is 6.07 Å². The van der Waals surface area contributed by atoms with Crippen LogP contribution in [0.5, 0.6) is 0 Å². The average Bonchev–Trinajstić information content (AvgIpc) is 2.68. The van der Waals surface area contributed by atoms with Gasteiger partial charge in [0.25, 0.3) is 0 Å². The van der Waals surface area contributed by atoms with Gasteiger partial charge in [-0.2, -0.15) is 5.26 Å². The molecule has 1 aliphatic heterocycles. The molecular weight excluding hydrogens is 336 g/mol. The minimum Gasteiger partial charge on any atom is -0.325 e. The molecule has 27 heavy (non-hydrogen) atoms. The van der Waals surface area contributed by atoms with Crippen LogP contribution < -0.4 is 5.32 Å². The van der Waals surface area contributed by atoms with Gasteiger partial charge in [0, 0.05) is 38.1 Å². The first-order valence-corrected chi connectivity index (χ1v) is 10.2. The third kappa shape index (κ3) is 5.46. The lowest BCUT2D eigenvalue weighted by atomic mass is 9.87. The quantitative estimate of drug-likeness (QED) is 0.786. The fourth-order valence-electron chi connectivity index (χ4n) is 3.92. The molecule has 1 aromatic rings. The van der Waals surface area contributed by atoms with E-state index in [1.807, 2.05) is 35.2 Å². The highest BCUT2D eigenvalue weighted by atomic mass is 16.2. The minimum absolute atomic E-state index is 0.124. The molecule has 0 radical (unpaired) electrons. The molecule has 148 valence electrons. The molecule has 1 aromatic carbocycles. The van der Waals surface area contributed by atoms with Gasteiger partial charge in [0.05, 0.1) is 6.07 Å². The second-order valence-electron chi connectivity index (χ2n) is 8.04. The Morgan fingerprint density at radius 2 is 1.74 bits per heavy atom. The van der Waals surface area contributed by atoms with E-state index in [1.165, 1.54) is 6.42 Å². The van der Waals surface area contributed by atoms with E-state index in [9.17, 15) is 10.1 Å². The van der Waals surface area contributed by atoms with E-state index < -0.39 is 5.54 Å². The number of nitriles is 1. The summed E-state index contributed by atoms with van der Waals surface area (Å²) in [7, 11) is 0. The lowest BCUT2D eigenvalue weighted by Crippen LogP contribution is -2.53. The van der Waals surface area contributed by atoms with Crippen molar-refractivity contribution in [2.75, 3.05) is 19.6 Å². The summed E-state index contributed by atoms with van der Waals surface area (Å²) in [5.41, 5.74) is -0.164. The Morgan fingerprint density at radius 3 is 2.26 bits per heavy atom. The number of likely N-dealkylation sites (tertiary alicyclic amines) is 1. The van der Waals surface area contributed by atoms with Crippen LogP contribution in [-0.2, 0) is 5.54 Å². The third-order valence-electron chi connectivity index (χ3n) is 5.49. The molecule has 1 heterocycles. The molecule has 0 bridgehead atoms. The molecule has 0 unspecified atom stereocenters. The first-order chi connectivity index (χ1) is 12.9. The number of carbonyl (C=O) groups excluding carboxylic acids is 1. The van der Waals surface area contributed by atoms with Crippen LogP contribution >= 0.6 is 0 Å². The highest BCUT2D eigenvalue weighted by Gasteiger charge is 2.36. The monoisotopic (exact) mass is 370 g/mol. The summed E-state index contributed by atoms with van der Waals surface area (Å²) in [6, 6.07) is 12.8. The van der Waals surface area contributed by atoms with Crippen molar-refractivity contribution in [2.24, 2.45) is 0 Å². The topological polar surface area (TPSA) is 59.4 Å². The largest absolute Gasteiger partial charge is 0.325 e. The number of amides is 2. The first-order valence-electron chi connectivity index (χ1n) is 10.2. The number of piperidine rings is 1. The Labute approximate surface area is 164 Å². The highest BCUT2D eigenvalue weighted by Crippen LogP contribution is 2.27. The van der Waals surface area contributed by atoms with Crippen molar-refractivity contribution in [1.29, 1.82) is 5.26 Å². The molecule has 2 amide bonds. The Hall–Kier alpha value is -2.06. The maximum atomic E-state index is 12.9. The van der Waals surface area contributed by atoms with Crippen molar-refractivity contribution >= 4 is 6.03 Å². The number of benzene rings is 1. The summed E-state index contributed by atoms with van der Waals surface area (Å²) in [4.78, 5) is 17.1. The van der Waals surface area contributed by atoms with E-state index >= 15 is 0 Å². The fourth-order valence-corrected chi connectivity index (χ4v) is 3.92. The van der Waals surface area contributed by atoms with E-state index in [0.717, 1.165) is 38.0 Å². The van der Waals surface area contributed by atoms with Crippen LogP contribution in [0.15, 0.2) is 30.3 Å². The average molecular weight is 371 g/mol. The number of hydrogen-bond donors (Lipinski definition) is 1. The van der Waals surface area contributed by atoms with Gasteiger partial charge in [0.15, 0.2) is 5.54 Å². The SMILES string of the molecule is CC(C)N(CC[C@@](C#N)(NC(=O)N1CCCCC1)c1ccccc1)C(C)C. The lowest BCUT2D eigenvalue weighted by Gasteiger charge is -2.37. The summed E-state index contributed by atoms with van der Waals surface area (Å²) in [5, 5.41) is 13.3. The zero-order valence-corrected chi connectivity index (χ0v) is 17.2. The predicted molar refractivity (Wildman–Crippen MR) is 109 cm³/mol. The third-order valence-corrected chi connectivity index (χ3v) is 5.49. The highest BCUT2D eigenvalue weighted by molar-refractivity contribution is 5.76. The number of nitrogens with one attached hydrogen (secondary N) is 1. The predicted octanol–water partition coefficient (Wildman–Crippen LogP) is 4.11. The maximum Gasteiger partial charge on any atom is 0.318 e. The van der Waals surface area contributed by atoms with E-state index in [4.69, 9.17) is 0 Å². The Balaban J connectivity index is 2.25. The number of rotatable bonds is 7. The van der Waals surface area contributed by atoms with Gasteiger partial charge in [-0.25, -0.2) is 4.79 Å². The van der Waals surface area contributed by atoms with Crippen molar-refractivity contribution in [3.05, 3.63) is 35.9 Å². The van der Waals surface area contributed by atoms with Crippen LogP contribution in [0.4, 0.5) is 4.79 Å². The van der Waals surface area contributed by atoms with Crippen LogP contribution in [-0.4, -0.2) is 47.5 Å². The molecule has 1 atom stereocenters. The first kappa shape index (κ1) is 21.2. The smallest absolute Gasteiger partial charge is 0.318 e. The molecule has 0 aliphatic carbocycles. The van der Waals surface area contributed by atoms with Gasteiger partial charge in [-0.05, 0) is 52.5 Å². The van der Waals surface area contributed by atoms with Gasteiger partial charge >= 0.3 is 6.03 Å². The number of hydrogen-bond acceptors (Lipinski definition) is 3. The van der Waals surface area contributed by atoms with Gasteiger partial charge in [0.1, 0.15) is 0 Å². The standard InChI is InChI=1S/C22H34N4O/c1-18(2)26(19(3)4)16-13-22(17-23,20-11-7-5-8-12-20)24-21(27)25-14-9-6-10-15-25/h5,7-8,11-12,18-19H,6,9-10,13-16H2,1-4H3,(H,24,27)/t22-/m0/s1. The summed E-state index contributed by atoms with van der Waals surface area (Å²) in [5.74, 6) is 0. The second kappa shape index (κ2) is 9.75. The van der Waals surface area contributed by atoms with Crippen LogP contribution in [0.3, 0.4) is 0 Å². The summed E-state index contributed by atoms with van der Waals surface area (Å²) in [6.45, 7) is 11.0. The summed E-state index contributed by atoms with van der Waals surface area (Å²) in [6.07, 6.45) is 3.80.